The molecule has 0 heterocycles. The molecule has 1 atom stereocenters. The molecule has 0 saturated heterocycles. The highest BCUT2D eigenvalue weighted by molar-refractivity contribution is 6.30. The molecule has 0 spiro atoms. The van der Waals surface area contributed by atoms with Gasteiger partial charge < -0.3 is 4.90 Å². The van der Waals surface area contributed by atoms with Gasteiger partial charge >= 0.3 is 0 Å². The number of nitrogens with zero attached hydrogens (tertiary/aromatic N) is 1. The first-order chi connectivity index (χ1) is 4.95. The predicted octanol–water partition coefficient (Wildman–Crippen LogP) is 1.73. The van der Waals surface area contributed by atoms with E-state index in [-0.39, 0.29) is 5.91 Å². The number of hydrogen-bond donors (Lipinski definition) is 0. The molecule has 2 nitrogen and oxygen atoms in total. The van der Waals surface area contributed by atoms with Crippen LogP contribution in [0.2, 0.25) is 0 Å². The van der Waals surface area contributed by atoms with Gasteiger partial charge in [0, 0.05) is 13.6 Å². The van der Waals surface area contributed by atoms with Gasteiger partial charge in [-0.3, -0.25) is 4.79 Å². The summed E-state index contributed by atoms with van der Waals surface area (Å²) in [5.74, 6) is 0.500. The van der Waals surface area contributed by atoms with Gasteiger partial charge in [0.2, 0.25) is 5.91 Å². The van der Waals surface area contributed by atoms with Crippen molar-refractivity contribution < 1.29 is 4.79 Å². The Kier molecular flexibility index (Phi) is 4.50. The van der Waals surface area contributed by atoms with Crippen LogP contribution in [-0.2, 0) is 4.79 Å². The number of carbonyl (C=O) groups excluding carboxylic acids is 1. The maximum atomic E-state index is 11.2. The topological polar surface area (TPSA) is 20.3 Å². The van der Waals surface area contributed by atoms with Crippen molar-refractivity contribution in [2.24, 2.45) is 5.92 Å². The summed E-state index contributed by atoms with van der Waals surface area (Å²) < 4.78 is 0. The zero-order chi connectivity index (χ0) is 9.02. The highest BCUT2D eigenvalue weighted by Gasteiger charge is 2.14. The molecule has 0 aromatic carbocycles. The van der Waals surface area contributed by atoms with Gasteiger partial charge in [0.25, 0.3) is 0 Å². The van der Waals surface area contributed by atoms with Crippen LogP contribution >= 0.6 is 11.6 Å². The van der Waals surface area contributed by atoms with E-state index >= 15 is 0 Å². The number of alkyl halides is 1. The van der Waals surface area contributed by atoms with E-state index in [1.54, 1.807) is 18.9 Å². The Hall–Kier alpha value is -0.240. The van der Waals surface area contributed by atoms with E-state index < -0.39 is 5.38 Å². The summed E-state index contributed by atoms with van der Waals surface area (Å²) in [5.41, 5.74) is 0. The highest BCUT2D eigenvalue weighted by atomic mass is 35.5. The van der Waals surface area contributed by atoms with Gasteiger partial charge in [0.05, 0.1) is 0 Å². The van der Waals surface area contributed by atoms with Crippen LogP contribution in [0.15, 0.2) is 0 Å². The third-order valence-corrected chi connectivity index (χ3v) is 1.54. The highest BCUT2D eigenvalue weighted by Crippen LogP contribution is 2.02. The number of rotatable bonds is 3. The van der Waals surface area contributed by atoms with Crippen molar-refractivity contribution in [2.75, 3.05) is 13.6 Å². The van der Waals surface area contributed by atoms with E-state index in [4.69, 9.17) is 11.6 Å². The van der Waals surface area contributed by atoms with E-state index in [9.17, 15) is 4.79 Å². The van der Waals surface area contributed by atoms with Crippen LogP contribution in [0.25, 0.3) is 0 Å². The minimum Gasteiger partial charge on any atom is -0.344 e. The van der Waals surface area contributed by atoms with E-state index in [1.807, 2.05) is 0 Å². The second-order valence-corrected chi connectivity index (χ2v) is 3.88. The number of halogens is 1. The van der Waals surface area contributed by atoms with Gasteiger partial charge in [-0.1, -0.05) is 13.8 Å². The molecule has 11 heavy (non-hydrogen) atoms. The molecule has 0 fully saturated rings. The smallest absolute Gasteiger partial charge is 0.240 e. The molecule has 0 aromatic rings. The van der Waals surface area contributed by atoms with Crippen molar-refractivity contribution in [1.82, 2.24) is 4.90 Å². The van der Waals surface area contributed by atoms with Crippen LogP contribution in [0.1, 0.15) is 20.8 Å². The first kappa shape index (κ1) is 10.8. The van der Waals surface area contributed by atoms with Gasteiger partial charge in [-0.2, -0.15) is 0 Å². The summed E-state index contributed by atoms with van der Waals surface area (Å²) in [6.07, 6.45) is 0. The molecule has 0 rings (SSSR count). The molecule has 0 aliphatic rings. The standard InChI is InChI=1S/C8H16ClNO/c1-6(2)5-10(4)8(11)7(3)9/h6-7H,5H2,1-4H3. The van der Waals surface area contributed by atoms with Crippen LogP contribution in [-0.4, -0.2) is 29.8 Å². The van der Waals surface area contributed by atoms with Crippen molar-refractivity contribution >= 4 is 17.5 Å². The van der Waals surface area contributed by atoms with Crippen LogP contribution in [0.4, 0.5) is 0 Å². The molecular weight excluding hydrogens is 162 g/mol. The molecule has 1 unspecified atom stereocenters. The Balaban J connectivity index is 3.83. The van der Waals surface area contributed by atoms with Crippen molar-refractivity contribution in [3.63, 3.8) is 0 Å². The number of amides is 1. The molecule has 0 saturated carbocycles. The second-order valence-electron chi connectivity index (χ2n) is 3.23. The fraction of sp³-hybridized carbons (Fsp3) is 0.875. The van der Waals surface area contributed by atoms with Crippen molar-refractivity contribution in [3.8, 4) is 0 Å². The fourth-order valence-corrected chi connectivity index (χ4v) is 1.11. The summed E-state index contributed by atoms with van der Waals surface area (Å²) in [4.78, 5) is 12.8. The average Bonchev–Trinajstić information content (AvgIpc) is 1.84. The summed E-state index contributed by atoms with van der Waals surface area (Å²) in [5, 5.41) is -0.404. The molecule has 0 aliphatic heterocycles. The Morgan fingerprint density at radius 1 is 1.45 bits per heavy atom. The molecule has 0 radical (unpaired) electrons. The van der Waals surface area contributed by atoms with Crippen molar-refractivity contribution in [2.45, 2.75) is 26.1 Å². The summed E-state index contributed by atoms with van der Waals surface area (Å²) in [6.45, 7) is 6.61. The molecule has 3 heteroatoms. The fourth-order valence-electron chi connectivity index (χ4n) is 0.941. The second kappa shape index (κ2) is 4.60. The minimum atomic E-state index is -0.404. The van der Waals surface area contributed by atoms with E-state index in [1.165, 1.54) is 0 Å². The lowest BCUT2D eigenvalue weighted by atomic mass is 10.2. The maximum absolute atomic E-state index is 11.2. The SMILES string of the molecule is CC(C)CN(C)C(=O)C(C)Cl. The van der Waals surface area contributed by atoms with Crippen LogP contribution in [0, 0.1) is 5.92 Å². The van der Waals surface area contributed by atoms with Crippen LogP contribution in [0.3, 0.4) is 0 Å². The van der Waals surface area contributed by atoms with Crippen molar-refractivity contribution in [3.05, 3.63) is 0 Å². The van der Waals surface area contributed by atoms with Gasteiger partial charge in [-0.25, -0.2) is 0 Å². The molecule has 66 valence electrons. The molecular formula is C8H16ClNO. The van der Waals surface area contributed by atoms with Crippen molar-refractivity contribution in [1.29, 1.82) is 0 Å². The van der Waals surface area contributed by atoms with Gasteiger partial charge in [0.15, 0.2) is 0 Å². The zero-order valence-electron chi connectivity index (χ0n) is 7.60. The Morgan fingerprint density at radius 3 is 2.18 bits per heavy atom. The van der Waals surface area contributed by atoms with Gasteiger partial charge in [0.1, 0.15) is 5.38 Å². The van der Waals surface area contributed by atoms with Gasteiger partial charge in [-0.05, 0) is 12.8 Å². The number of hydrogen-bond acceptors (Lipinski definition) is 1. The zero-order valence-corrected chi connectivity index (χ0v) is 8.35. The molecule has 0 aromatic heterocycles. The normalized spacial score (nSPS) is 13.3. The first-order valence-corrected chi connectivity index (χ1v) is 4.27. The average molecular weight is 178 g/mol. The lowest BCUT2D eigenvalue weighted by Gasteiger charge is -2.20. The summed E-state index contributed by atoms with van der Waals surface area (Å²) in [6, 6.07) is 0. The third kappa shape index (κ3) is 4.25. The van der Waals surface area contributed by atoms with E-state index in [2.05, 4.69) is 13.8 Å². The Labute approximate surface area is 73.5 Å². The first-order valence-electron chi connectivity index (χ1n) is 3.84. The van der Waals surface area contributed by atoms with Gasteiger partial charge in [-0.15, -0.1) is 11.6 Å². The van der Waals surface area contributed by atoms with E-state index in [0.717, 1.165) is 6.54 Å². The quantitative estimate of drug-likeness (QED) is 0.602. The maximum Gasteiger partial charge on any atom is 0.240 e. The Bertz CT molecular complexity index is 134. The predicted molar refractivity (Wildman–Crippen MR) is 47.8 cm³/mol. The Morgan fingerprint density at radius 2 is 1.91 bits per heavy atom. The minimum absolute atomic E-state index is 0.000340. The van der Waals surface area contributed by atoms with Crippen LogP contribution < -0.4 is 0 Å². The molecule has 0 N–H and O–H groups in total. The number of carbonyl (C=O) groups is 1. The summed E-state index contributed by atoms with van der Waals surface area (Å²) >= 11 is 5.62. The monoisotopic (exact) mass is 177 g/mol. The van der Waals surface area contributed by atoms with Crippen LogP contribution in [0.5, 0.6) is 0 Å². The molecule has 0 bridgehead atoms. The third-order valence-electron chi connectivity index (χ3n) is 1.36. The molecule has 0 aliphatic carbocycles. The lowest BCUT2D eigenvalue weighted by molar-refractivity contribution is -0.129. The molecule has 1 amide bonds. The largest absolute Gasteiger partial charge is 0.344 e. The lowest BCUT2D eigenvalue weighted by Crippen LogP contribution is -2.34. The summed E-state index contributed by atoms with van der Waals surface area (Å²) in [7, 11) is 1.78. The van der Waals surface area contributed by atoms with E-state index in [0.29, 0.717) is 5.92 Å².